The Balaban J connectivity index is 1.83. The van der Waals surface area contributed by atoms with Crippen LogP contribution in [0.1, 0.15) is 34.4 Å². The fourth-order valence-electron chi connectivity index (χ4n) is 2.74. The molecule has 1 aromatic rings. The minimum absolute atomic E-state index is 0.285. The van der Waals surface area contributed by atoms with Crippen molar-refractivity contribution in [1.29, 1.82) is 0 Å². The molecule has 1 aliphatic rings. The topological polar surface area (TPSA) is 89.3 Å². The quantitative estimate of drug-likeness (QED) is 0.766. The van der Waals surface area contributed by atoms with E-state index in [1.807, 2.05) is 0 Å². The molecule has 0 spiro atoms. The second-order valence-electron chi connectivity index (χ2n) is 5.86. The molecule has 0 atom stereocenters. The molecule has 0 bridgehead atoms. The molecule has 8 heteroatoms. The first-order chi connectivity index (χ1) is 11.8. The van der Waals surface area contributed by atoms with Crippen LogP contribution in [0.25, 0.3) is 0 Å². The third kappa shape index (κ3) is 4.32. The average molecular weight is 352 g/mol. The predicted molar refractivity (Wildman–Crippen MR) is 88.4 cm³/mol. The number of hydrogen-bond donors (Lipinski definition) is 0. The SMILES string of the molecule is CCOC(=O)N1CCN(C(=O)COC(=O)c2c(C)oc(C)c2C)CC1. The molecule has 8 nitrogen and oxygen atoms in total. The smallest absolute Gasteiger partial charge is 0.409 e. The van der Waals surface area contributed by atoms with Crippen LogP contribution in [-0.2, 0) is 14.3 Å². The molecule has 1 saturated heterocycles. The van der Waals surface area contributed by atoms with Gasteiger partial charge in [0.25, 0.3) is 5.91 Å². The number of rotatable bonds is 4. The first-order valence-electron chi connectivity index (χ1n) is 8.28. The van der Waals surface area contributed by atoms with E-state index in [9.17, 15) is 14.4 Å². The largest absolute Gasteiger partial charge is 0.465 e. The van der Waals surface area contributed by atoms with E-state index >= 15 is 0 Å². The summed E-state index contributed by atoms with van der Waals surface area (Å²) in [5, 5.41) is 0. The molecule has 1 fully saturated rings. The fraction of sp³-hybridized carbons (Fsp3) is 0.588. The molecular formula is C17H24N2O6. The summed E-state index contributed by atoms with van der Waals surface area (Å²) in [6.07, 6.45) is -0.373. The zero-order chi connectivity index (χ0) is 18.6. The summed E-state index contributed by atoms with van der Waals surface area (Å²) in [7, 11) is 0. The van der Waals surface area contributed by atoms with Crippen LogP contribution < -0.4 is 0 Å². The number of hydrogen-bond acceptors (Lipinski definition) is 6. The van der Waals surface area contributed by atoms with Gasteiger partial charge < -0.3 is 23.7 Å². The summed E-state index contributed by atoms with van der Waals surface area (Å²) >= 11 is 0. The maximum Gasteiger partial charge on any atom is 0.409 e. The zero-order valence-corrected chi connectivity index (χ0v) is 15.1. The van der Waals surface area contributed by atoms with Gasteiger partial charge in [0, 0.05) is 31.7 Å². The molecule has 138 valence electrons. The monoisotopic (exact) mass is 352 g/mol. The Morgan fingerprint density at radius 2 is 1.56 bits per heavy atom. The summed E-state index contributed by atoms with van der Waals surface area (Å²) in [5.74, 6) is 0.291. The van der Waals surface area contributed by atoms with Crippen molar-refractivity contribution in [3.8, 4) is 0 Å². The Labute approximate surface area is 146 Å². The lowest BCUT2D eigenvalue weighted by Gasteiger charge is -2.33. The Morgan fingerprint density at radius 1 is 0.960 bits per heavy atom. The molecule has 0 aromatic carbocycles. The number of aryl methyl sites for hydroxylation is 2. The van der Waals surface area contributed by atoms with Crippen LogP contribution in [0.5, 0.6) is 0 Å². The van der Waals surface area contributed by atoms with Gasteiger partial charge in [-0.05, 0) is 27.7 Å². The van der Waals surface area contributed by atoms with Gasteiger partial charge in [-0.1, -0.05) is 0 Å². The normalized spacial score (nSPS) is 14.4. The van der Waals surface area contributed by atoms with E-state index in [0.717, 1.165) is 5.56 Å². The maximum atomic E-state index is 12.2. The minimum Gasteiger partial charge on any atom is -0.465 e. The van der Waals surface area contributed by atoms with Crippen LogP contribution in [0.3, 0.4) is 0 Å². The standard InChI is InChI=1S/C17H24N2O6/c1-5-23-17(22)19-8-6-18(7-9-19)14(20)10-24-16(21)15-11(2)12(3)25-13(15)4/h5-10H2,1-4H3. The third-order valence-electron chi connectivity index (χ3n) is 4.25. The van der Waals surface area contributed by atoms with E-state index < -0.39 is 5.97 Å². The molecule has 0 unspecified atom stereocenters. The van der Waals surface area contributed by atoms with Crippen molar-refractivity contribution in [2.45, 2.75) is 27.7 Å². The molecule has 2 rings (SSSR count). The molecule has 2 amide bonds. The number of furan rings is 1. The van der Waals surface area contributed by atoms with Crippen molar-refractivity contribution in [2.24, 2.45) is 0 Å². The Morgan fingerprint density at radius 3 is 2.08 bits per heavy atom. The van der Waals surface area contributed by atoms with E-state index in [2.05, 4.69) is 0 Å². The van der Waals surface area contributed by atoms with Crippen molar-refractivity contribution in [2.75, 3.05) is 39.4 Å². The number of carbonyl (C=O) groups excluding carboxylic acids is 3. The summed E-state index contributed by atoms with van der Waals surface area (Å²) < 4.78 is 15.5. The average Bonchev–Trinajstić information content (AvgIpc) is 2.85. The minimum atomic E-state index is -0.564. The highest BCUT2D eigenvalue weighted by molar-refractivity contribution is 5.93. The molecular weight excluding hydrogens is 328 g/mol. The van der Waals surface area contributed by atoms with Gasteiger partial charge in [-0.15, -0.1) is 0 Å². The molecule has 1 aliphatic heterocycles. The van der Waals surface area contributed by atoms with Gasteiger partial charge in [0.2, 0.25) is 0 Å². The van der Waals surface area contributed by atoms with Crippen molar-refractivity contribution < 1.29 is 28.3 Å². The van der Waals surface area contributed by atoms with Gasteiger partial charge in [-0.2, -0.15) is 0 Å². The van der Waals surface area contributed by atoms with Gasteiger partial charge in [-0.25, -0.2) is 9.59 Å². The second kappa shape index (κ2) is 8.04. The maximum absolute atomic E-state index is 12.2. The highest BCUT2D eigenvalue weighted by Gasteiger charge is 2.26. The van der Waals surface area contributed by atoms with E-state index in [-0.39, 0.29) is 18.6 Å². The molecule has 1 aromatic heterocycles. The van der Waals surface area contributed by atoms with E-state index in [1.165, 1.54) is 0 Å². The Kier molecular flexibility index (Phi) is 6.06. The molecule has 2 heterocycles. The number of nitrogens with zero attached hydrogens (tertiary/aromatic N) is 2. The highest BCUT2D eigenvalue weighted by Crippen LogP contribution is 2.21. The van der Waals surface area contributed by atoms with Gasteiger partial charge >= 0.3 is 12.1 Å². The lowest BCUT2D eigenvalue weighted by atomic mass is 10.1. The lowest BCUT2D eigenvalue weighted by Crippen LogP contribution is -2.51. The Bertz CT molecular complexity index is 658. The number of piperazine rings is 1. The van der Waals surface area contributed by atoms with Crippen LogP contribution in [0, 0.1) is 20.8 Å². The zero-order valence-electron chi connectivity index (χ0n) is 15.1. The third-order valence-corrected chi connectivity index (χ3v) is 4.25. The Hall–Kier alpha value is -2.51. The van der Waals surface area contributed by atoms with Crippen molar-refractivity contribution in [1.82, 2.24) is 9.80 Å². The van der Waals surface area contributed by atoms with Gasteiger partial charge in [0.15, 0.2) is 6.61 Å². The molecule has 0 radical (unpaired) electrons. The van der Waals surface area contributed by atoms with Crippen LogP contribution in [-0.4, -0.2) is 67.2 Å². The van der Waals surface area contributed by atoms with Crippen LogP contribution in [0.15, 0.2) is 4.42 Å². The van der Waals surface area contributed by atoms with Crippen molar-refractivity contribution in [3.05, 3.63) is 22.6 Å². The van der Waals surface area contributed by atoms with Crippen molar-refractivity contribution >= 4 is 18.0 Å². The van der Waals surface area contributed by atoms with E-state index in [4.69, 9.17) is 13.9 Å². The number of carbonyl (C=O) groups is 3. The molecule has 0 aliphatic carbocycles. The van der Waals surface area contributed by atoms with E-state index in [1.54, 1.807) is 37.5 Å². The number of ether oxygens (including phenoxy) is 2. The summed E-state index contributed by atoms with van der Waals surface area (Å²) in [6, 6.07) is 0. The highest BCUT2D eigenvalue weighted by atomic mass is 16.6. The van der Waals surface area contributed by atoms with Crippen molar-refractivity contribution in [3.63, 3.8) is 0 Å². The van der Waals surface area contributed by atoms with Gasteiger partial charge in [0.05, 0.1) is 6.61 Å². The van der Waals surface area contributed by atoms with Gasteiger partial charge in [0.1, 0.15) is 17.1 Å². The first kappa shape index (κ1) is 18.8. The number of amides is 2. The van der Waals surface area contributed by atoms with E-state index in [0.29, 0.717) is 49.9 Å². The fourth-order valence-corrected chi connectivity index (χ4v) is 2.74. The lowest BCUT2D eigenvalue weighted by molar-refractivity contribution is -0.136. The molecule has 25 heavy (non-hydrogen) atoms. The summed E-state index contributed by atoms with van der Waals surface area (Å²) in [5.41, 5.74) is 1.09. The molecule has 0 N–H and O–H groups in total. The van der Waals surface area contributed by atoms with Gasteiger partial charge in [-0.3, -0.25) is 4.79 Å². The predicted octanol–water partition coefficient (Wildman–Crippen LogP) is 1.66. The van der Waals surface area contributed by atoms with Crippen LogP contribution in [0.2, 0.25) is 0 Å². The second-order valence-corrected chi connectivity index (χ2v) is 5.86. The number of esters is 1. The first-order valence-corrected chi connectivity index (χ1v) is 8.28. The molecule has 0 saturated carbocycles. The summed E-state index contributed by atoms with van der Waals surface area (Å²) in [6.45, 7) is 8.54. The van der Waals surface area contributed by atoms with Crippen LogP contribution in [0.4, 0.5) is 4.79 Å². The summed E-state index contributed by atoms with van der Waals surface area (Å²) in [4.78, 5) is 39.1. The van der Waals surface area contributed by atoms with Crippen LogP contribution >= 0.6 is 0 Å².